The van der Waals surface area contributed by atoms with Crippen LogP contribution in [0.15, 0.2) is 18.2 Å². The number of carboxylic acids is 1. The van der Waals surface area contributed by atoms with Crippen LogP contribution in [0.3, 0.4) is 0 Å². The second kappa shape index (κ2) is 5.18. The molecule has 0 aromatic heterocycles. The number of aliphatic carboxylic acids is 1. The number of carboxylic acid groups (broad SMARTS) is 1. The molecule has 0 fully saturated rings. The Kier molecular flexibility index (Phi) is 4.15. The van der Waals surface area contributed by atoms with Gasteiger partial charge in [-0.3, -0.25) is 9.59 Å². The number of carbonyl (C=O) groups is 2. The molecule has 86 valence electrons. The van der Waals surface area contributed by atoms with Gasteiger partial charge in [-0.15, -0.1) is 0 Å². The molecule has 6 heteroatoms. The van der Waals surface area contributed by atoms with Crippen LogP contribution in [0, 0.1) is 0 Å². The van der Waals surface area contributed by atoms with Crippen LogP contribution in [0.2, 0.25) is 10.0 Å². The smallest absolute Gasteiger partial charge is 0.325 e. The predicted molar refractivity (Wildman–Crippen MR) is 61.0 cm³/mol. The van der Waals surface area contributed by atoms with Gasteiger partial charge in [0.1, 0.15) is 6.04 Å². The number of carbonyl (C=O) groups excluding carboxylic acids is 1. The summed E-state index contributed by atoms with van der Waals surface area (Å²) in [4.78, 5) is 22.2. The number of halogens is 2. The van der Waals surface area contributed by atoms with Gasteiger partial charge in [-0.05, 0) is 19.1 Å². The molecule has 1 aromatic rings. The molecule has 0 saturated heterocycles. The zero-order valence-corrected chi connectivity index (χ0v) is 9.84. The fraction of sp³-hybridized carbons (Fsp3) is 0.200. The first-order valence-electron chi connectivity index (χ1n) is 4.41. The first kappa shape index (κ1) is 12.8. The van der Waals surface area contributed by atoms with Gasteiger partial charge in [0.05, 0.1) is 15.6 Å². The highest BCUT2D eigenvalue weighted by Gasteiger charge is 2.19. The normalized spacial score (nSPS) is 11.9. The molecular weight excluding hydrogens is 253 g/mol. The maximum absolute atomic E-state index is 11.7. The van der Waals surface area contributed by atoms with Gasteiger partial charge in [-0.2, -0.15) is 0 Å². The van der Waals surface area contributed by atoms with Crippen LogP contribution in [0.25, 0.3) is 0 Å². The Labute approximate surface area is 102 Å². The van der Waals surface area contributed by atoms with E-state index in [-0.39, 0.29) is 15.6 Å². The molecule has 0 spiro atoms. The van der Waals surface area contributed by atoms with Crippen LogP contribution in [0.4, 0.5) is 0 Å². The molecule has 1 atom stereocenters. The molecule has 0 radical (unpaired) electrons. The first-order chi connectivity index (χ1) is 7.43. The molecule has 2 N–H and O–H groups in total. The van der Waals surface area contributed by atoms with E-state index in [1.54, 1.807) is 6.07 Å². The SMILES string of the molecule is C[C@H](NC(=O)c1c(Cl)cccc1Cl)C(=O)O. The Morgan fingerprint density at radius 3 is 2.25 bits per heavy atom. The van der Waals surface area contributed by atoms with E-state index in [2.05, 4.69) is 5.32 Å². The lowest BCUT2D eigenvalue weighted by atomic mass is 10.2. The van der Waals surface area contributed by atoms with Crippen molar-refractivity contribution < 1.29 is 14.7 Å². The van der Waals surface area contributed by atoms with Crippen LogP contribution in [-0.4, -0.2) is 23.0 Å². The molecule has 0 saturated carbocycles. The summed E-state index contributed by atoms with van der Waals surface area (Å²) in [6, 6.07) is 3.61. The lowest BCUT2D eigenvalue weighted by Gasteiger charge is -2.11. The van der Waals surface area contributed by atoms with Gasteiger partial charge in [-0.1, -0.05) is 29.3 Å². The first-order valence-corrected chi connectivity index (χ1v) is 5.16. The lowest BCUT2D eigenvalue weighted by Crippen LogP contribution is -2.38. The molecule has 0 aliphatic heterocycles. The Bertz CT molecular complexity index is 414. The molecular formula is C10H9Cl2NO3. The zero-order valence-electron chi connectivity index (χ0n) is 8.33. The molecule has 0 aliphatic carbocycles. The summed E-state index contributed by atoms with van der Waals surface area (Å²) >= 11 is 11.6. The monoisotopic (exact) mass is 261 g/mol. The minimum Gasteiger partial charge on any atom is -0.480 e. The highest BCUT2D eigenvalue weighted by atomic mass is 35.5. The summed E-state index contributed by atoms with van der Waals surface area (Å²) < 4.78 is 0. The summed E-state index contributed by atoms with van der Waals surface area (Å²) in [5.41, 5.74) is 0.0823. The number of hydrogen-bond acceptors (Lipinski definition) is 2. The highest BCUT2D eigenvalue weighted by molar-refractivity contribution is 6.39. The Balaban J connectivity index is 2.93. The molecule has 1 rings (SSSR count). The van der Waals surface area contributed by atoms with Crippen molar-refractivity contribution in [2.75, 3.05) is 0 Å². The maximum atomic E-state index is 11.7. The summed E-state index contributed by atoms with van der Waals surface area (Å²) in [5.74, 6) is -1.73. The maximum Gasteiger partial charge on any atom is 0.325 e. The molecule has 1 amide bonds. The van der Waals surface area contributed by atoms with E-state index in [4.69, 9.17) is 28.3 Å². The molecule has 0 unspecified atom stereocenters. The van der Waals surface area contributed by atoms with Crippen molar-refractivity contribution in [3.63, 3.8) is 0 Å². The minimum atomic E-state index is -1.13. The Morgan fingerprint density at radius 2 is 1.81 bits per heavy atom. The molecule has 1 aromatic carbocycles. The van der Waals surface area contributed by atoms with Gasteiger partial charge < -0.3 is 10.4 Å². The van der Waals surface area contributed by atoms with Crippen molar-refractivity contribution in [2.24, 2.45) is 0 Å². The van der Waals surface area contributed by atoms with E-state index in [0.29, 0.717) is 0 Å². The summed E-state index contributed by atoms with van der Waals surface area (Å²) in [5, 5.41) is 11.3. The van der Waals surface area contributed by atoms with Gasteiger partial charge >= 0.3 is 5.97 Å². The fourth-order valence-electron chi connectivity index (χ4n) is 1.05. The Morgan fingerprint density at radius 1 is 1.31 bits per heavy atom. The molecule has 0 aliphatic rings. The third-order valence-electron chi connectivity index (χ3n) is 1.91. The van der Waals surface area contributed by atoms with Crippen LogP contribution >= 0.6 is 23.2 Å². The predicted octanol–water partition coefficient (Wildman–Crippen LogP) is 2.20. The highest BCUT2D eigenvalue weighted by Crippen LogP contribution is 2.23. The van der Waals surface area contributed by atoms with Crippen molar-refractivity contribution in [2.45, 2.75) is 13.0 Å². The summed E-state index contributed by atoms with van der Waals surface area (Å²) in [6.07, 6.45) is 0. The van der Waals surface area contributed by atoms with E-state index in [0.717, 1.165) is 0 Å². The van der Waals surface area contributed by atoms with E-state index in [1.165, 1.54) is 19.1 Å². The average molecular weight is 262 g/mol. The van der Waals surface area contributed by atoms with Crippen molar-refractivity contribution in [3.05, 3.63) is 33.8 Å². The van der Waals surface area contributed by atoms with Crippen molar-refractivity contribution in [1.82, 2.24) is 5.32 Å². The van der Waals surface area contributed by atoms with Gasteiger partial charge in [0.15, 0.2) is 0 Å². The minimum absolute atomic E-state index is 0.0823. The van der Waals surface area contributed by atoms with E-state index < -0.39 is 17.9 Å². The van der Waals surface area contributed by atoms with Crippen LogP contribution < -0.4 is 5.32 Å². The van der Waals surface area contributed by atoms with Gasteiger partial charge in [-0.25, -0.2) is 0 Å². The largest absolute Gasteiger partial charge is 0.480 e. The van der Waals surface area contributed by atoms with E-state index in [9.17, 15) is 9.59 Å². The molecule has 4 nitrogen and oxygen atoms in total. The summed E-state index contributed by atoms with van der Waals surface area (Å²) in [7, 11) is 0. The third-order valence-corrected chi connectivity index (χ3v) is 2.54. The second-order valence-electron chi connectivity index (χ2n) is 3.13. The molecule has 16 heavy (non-hydrogen) atoms. The third kappa shape index (κ3) is 2.87. The van der Waals surface area contributed by atoms with E-state index >= 15 is 0 Å². The zero-order chi connectivity index (χ0) is 12.3. The molecule has 0 heterocycles. The lowest BCUT2D eigenvalue weighted by molar-refractivity contribution is -0.138. The van der Waals surface area contributed by atoms with Crippen molar-refractivity contribution in [3.8, 4) is 0 Å². The van der Waals surface area contributed by atoms with Crippen LogP contribution in [0.1, 0.15) is 17.3 Å². The second-order valence-corrected chi connectivity index (χ2v) is 3.94. The quantitative estimate of drug-likeness (QED) is 0.877. The Hall–Kier alpha value is -1.26. The van der Waals surface area contributed by atoms with Gasteiger partial charge in [0.2, 0.25) is 0 Å². The van der Waals surface area contributed by atoms with E-state index in [1.807, 2.05) is 0 Å². The standard InChI is InChI=1S/C10H9Cl2NO3/c1-5(10(15)16)13-9(14)8-6(11)3-2-4-7(8)12/h2-5H,1H3,(H,13,14)(H,15,16)/t5-/m0/s1. The van der Waals surface area contributed by atoms with Crippen LogP contribution in [0.5, 0.6) is 0 Å². The van der Waals surface area contributed by atoms with Gasteiger partial charge in [0.25, 0.3) is 5.91 Å². The van der Waals surface area contributed by atoms with Crippen LogP contribution in [-0.2, 0) is 4.79 Å². The van der Waals surface area contributed by atoms with Gasteiger partial charge in [0, 0.05) is 0 Å². The average Bonchev–Trinajstić information content (AvgIpc) is 2.16. The fourth-order valence-corrected chi connectivity index (χ4v) is 1.61. The number of nitrogens with one attached hydrogen (secondary N) is 1. The number of amides is 1. The number of hydrogen-bond donors (Lipinski definition) is 2. The number of benzene rings is 1. The van der Waals surface area contributed by atoms with Crippen molar-refractivity contribution >= 4 is 35.1 Å². The summed E-state index contributed by atoms with van der Waals surface area (Å²) in [6.45, 7) is 1.35. The van der Waals surface area contributed by atoms with Crippen molar-refractivity contribution in [1.29, 1.82) is 0 Å². The number of rotatable bonds is 3. The topological polar surface area (TPSA) is 66.4 Å². The molecule has 0 bridgehead atoms.